The van der Waals surface area contributed by atoms with Crippen molar-refractivity contribution in [2.75, 3.05) is 0 Å². The molecule has 3 unspecified atom stereocenters. The minimum Gasteiger partial charge on any atom is -0.369 e. The Balaban J connectivity index is 2.52. The van der Waals surface area contributed by atoms with Gasteiger partial charge in [-0.25, -0.2) is 0 Å². The average molecular weight is 342 g/mol. The second kappa shape index (κ2) is 9.54. The summed E-state index contributed by atoms with van der Waals surface area (Å²) in [6, 6.07) is 8.25. The molecule has 0 fully saturated rings. The number of halogens is 1. The van der Waals surface area contributed by atoms with Gasteiger partial charge in [-0.15, -0.1) is 0 Å². The number of ether oxygens (including phenoxy) is 1. The fourth-order valence-electron chi connectivity index (χ4n) is 2.34. The van der Waals surface area contributed by atoms with Crippen molar-refractivity contribution < 1.29 is 4.74 Å². The minimum absolute atomic E-state index is 0.00531. The van der Waals surface area contributed by atoms with Gasteiger partial charge < -0.3 is 10.5 Å². The van der Waals surface area contributed by atoms with Crippen LogP contribution in [0.3, 0.4) is 0 Å². The molecule has 20 heavy (non-hydrogen) atoms. The van der Waals surface area contributed by atoms with Crippen LogP contribution in [0.4, 0.5) is 0 Å². The van der Waals surface area contributed by atoms with Crippen LogP contribution in [0.1, 0.15) is 64.5 Å². The number of unbranched alkanes of at least 4 members (excludes halogenated alkanes) is 3. The molecular weight excluding hydrogens is 314 g/mol. The first-order valence-corrected chi connectivity index (χ1v) is 8.50. The van der Waals surface area contributed by atoms with E-state index in [1.807, 2.05) is 19.1 Å². The molecule has 3 atom stereocenters. The maximum atomic E-state index is 6.18. The highest BCUT2D eigenvalue weighted by atomic mass is 79.9. The van der Waals surface area contributed by atoms with Crippen molar-refractivity contribution in [1.29, 1.82) is 0 Å². The highest BCUT2D eigenvalue weighted by Gasteiger charge is 2.19. The number of hydrogen-bond acceptors (Lipinski definition) is 2. The van der Waals surface area contributed by atoms with Gasteiger partial charge in [-0.3, -0.25) is 0 Å². The third-order valence-electron chi connectivity index (χ3n) is 3.52. The fraction of sp³-hybridized carbons (Fsp3) is 0.647. The van der Waals surface area contributed by atoms with Crippen LogP contribution < -0.4 is 5.73 Å². The van der Waals surface area contributed by atoms with Crippen LogP contribution in [0.25, 0.3) is 0 Å². The lowest BCUT2D eigenvalue weighted by Crippen LogP contribution is -2.29. The molecule has 0 spiro atoms. The Bertz CT molecular complexity index is 364. The Morgan fingerprint density at radius 2 is 1.75 bits per heavy atom. The molecule has 2 N–H and O–H groups in total. The van der Waals surface area contributed by atoms with Crippen molar-refractivity contribution >= 4 is 15.9 Å². The topological polar surface area (TPSA) is 35.2 Å². The Morgan fingerprint density at radius 1 is 1.10 bits per heavy atom. The van der Waals surface area contributed by atoms with E-state index in [2.05, 4.69) is 41.9 Å². The van der Waals surface area contributed by atoms with Crippen LogP contribution in [0.5, 0.6) is 0 Å². The lowest BCUT2D eigenvalue weighted by Gasteiger charge is -2.26. The highest BCUT2D eigenvalue weighted by Crippen LogP contribution is 2.25. The molecule has 0 aromatic heterocycles. The summed E-state index contributed by atoms with van der Waals surface area (Å²) in [7, 11) is 0. The Morgan fingerprint density at radius 3 is 2.30 bits per heavy atom. The first-order chi connectivity index (χ1) is 9.54. The van der Waals surface area contributed by atoms with E-state index in [0.717, 1.165) is 16.5 Å². The Kier molecular flexibility index (Phi) is 8.43. The Hall–Kier alpha value is -0.380. The van der Waals surface area contributed by atoms with Crippen LogP contribution in [0.2, 0.25) is 0 Å². The molecule has 2 nitrogen and oxygen atoms in total. The van der Waals surface area contributed by atoms with E-state index in [9.17, 15) is 0 Å². The summed E-state index contributed by atoms with van der Waals surface area (Å²) in [5.74, 6) is 0. The van der Waals surface area contributed by atoms with Crippen LogP contribution >= 0.6 is 15.9 Å². The van der Waals surface area contributed by atoms with Crippen molar-refractivity contribution in [1.82, 2.24) is 0 Å². The molecule has 0 amide bonds. The number of benzene rings is 1. The zero-order valence-electron chi connectivity index (χ0n) is 12.9. The highest BCUT2D eigenvalue weighted by molar-refractivity contribution is 9.10. The van der Waals surface area contributed by atoms with Gasteiger partial charge in [0.2, 0.25) is 0 Å². The molecule has 1 aromatic carbocycles. The van der Waals surface area contributed by atoms with Crippen molar-refractivity contribution in [3.63, 3.8) is 0 Å². The number of nitrogens with two attached hydrogens (primary N) is 1. The van der Waals surface area contributed by atoms with E-state index in [-0.39, 0.29) is 18.2 Å². The van der Waals surface area contributed by atoms with Crippen LogP contribution in [-0.2, 0) is 4.74 Å². The third-order valence-corrected chi connectivity index (χ3v) is 4.05. The average Bonchev–Trinajstić information content (AvgIpc) is 2.42. The molecule has 0 radical (unpaired) electrons. The predicted octanol–water partition coefficient (Wildman–Crippen LogP) is 5.21. The van der Waals surface area contributed by atoms with E-state index >= 15 is 0 Å². The molecule has 1 aromatic rings. The zero-order chi connectivity index (χ0) is 15.0. The molecule has 0 aliphatic heterocycles. The van der Waals surface area contributed by atoms with Crippen molar-refractivity contribution in [3.05, 3.63) is 34.3 Å². The molecule has 0 heterocycles. The summed E-state index contributed by atoms with van der Waals surface area (Å²) < 4.78 is 7.26. The minimum atomic E-state index is -0.0238. The van der Waals surface area contributed by atoms with E-state index in [1.165, 1.54) is 25.7 Å². The first kappa shape index (κ1) is 17.7. The molecule has 0 saturated carbocycles. The van der Waals surface area contributed by atoms with Gasteiger partial charge in [0.15, 0.2) is 0 Å². The van der Waals surface area contributed by atoms with Crippen LogP contribution in [-0.4, -0.2) is 12.1 Å². The normalized spacial score (nSPS) is 15.8. The quantitative estimate of drug-likeness (QED) is 0.625. The maximum Gasteiger partial charge on any atom is 0.0976 e. The lowest BCUT2D eigenvalue weighted by atomic mass is 10.0. The molecular formula is C17H28BrNO. The van der Waals surface area contributed by atoms with Crippen molar-refractivity contribution in [2.45, 2.75) is 71.1 Å². The molecule has 0 aliphatic carbocycles. The molecule has 0 saturated heterocycles. The Labute approximate surface area is 132 Å². The fourth-order valence-corrected chi connectivity index (χ4v) is 2.60. The van der Waals surface area contributed by atoms with E-state index in [4.69, 9.17) is 10.5 Å². The maximum absolute atomic E-state index is 6.18. The van der Waals surface area contributed by atoms with Crippen LogP contribution in [0.15, 0.2) is 28.7 Å². The second-order valence-corrected chi connectivity index (χ2v) is 6.54. The molecule has 3 heteroatoms. The van der Waals surface area contributed by atoms with Gasteiger partial charge in [0.1, 0.15) is 0 Å². The predicted molar refractivity (Wildman–Crippen MR) is 89.8 cm³/mol. The SMILES string of the molecule is CCCCCCC(C)OC(c1ccc(Br)cc1)C(C)N. The van der Waals surface area contributed by atoms with Gasteiger partial charge in [-0.2, -0.15) is 0 Å². The van der Waals surface area contributed by atoms with Crippen LogP contribution in [0, 0.1) is 0 Å². The monoisotopic (exact) mass is 341 g/mol. The van der Waals surface area contributed by atoms with E-state index < -0.39 is 0 Å². The second-order valence-electron chi connectivity index (χ2n) is 5.63. The molecule has 0 bridgehead atoms. The zero-order valence-corrected chi connectivity index (χ0v) is 14.5. The lowest BCUT2D eigenvalue weighted by molar-refractivity contribution is -0.0194. The smallest absolute Gasteiger partial charge is 0.0976 e. The van der Waals surface area contributed by atoms with E-state index in [1.54, 1.807) is 0 Å². The van der Waals surface area contributed by atoms with Crippen molar-refractivity contribution in [3.8, 4) is 0 Å². The summed E-state index contributed by atoms with van der Waals surface area (Å²) in [4.78, 5) is 0. The summed E-state index contributed by atoms with van der Waals surface area (Å²) in [5, 5.41) is 0. The van der Waals surface area contributed by atoms with Gasteiger partial charge in [-0.1, -0.05) is 60.7 Å². The number of hydrogen-bond donors (Lipinski definition) is 1. The summed E-state index contributed by atoms with van der Waals surface area (Å²) >= 11 is 3.46. The van der Waals surface area contributed by atoms with E-state index in [0.29, 0.717) is 0 Å². The van der Waals surface area contributed by atoms with Gasteiger partial charge in [0.25, 0.3) is 0 Å². The summed E-state index contributed by atoms with van der Waals surface area (Å²) in [6.45, 7) is 6.40. The third kappa shape index (κ3) is 6.38. The molecule has 1 rings (SSSR count). The summed E-state index contributed by atoms with van der Waals surface area (Å²) in [5.41, 5.74) is 7.25. The number of rotatable bonds is 9. The summed E-state index contributed by atoms with van der Waals surface area (Å²) in [6.07, 6.45) is 6.47. The standard InChI is InChI=1S/C17H28BrNO/c1-4-5-6-7-8-13(2)20-17(14(3)19)15-9-11-16(18)12-10-15/h9-14,17H,4-8,19H2,1-3H3. The van der Waals surface area contributed by atoms with Gasteiger partial charge in [-0.05, 0) is 38.0 Å². The first-order valence-electron chi connectivity index (χ1n) is 7.71. The molecule has 114 valence electrons. The van der Waals surface area contributed by atoms with Crippen molar-refractivity contribution in [2.24, 2.45) is 5.73 Å². The van der Waals surface area contributed by atoms with Gasteiger partial charge >= 0.3 is 0 Å². The molecule has 0 aliphatic rings. The largest absolute Gasteiger partial charge is 0.369 e. The van der Waals surface area contributed by atoms with Gasteiger partial charge in [0, 0.05) is 10.5 Å². The van der Waals surface area contributed by atoms with Gasteiger partial charge in [0.05, 0.1) is 12.2 Å².